The lowest BCUT2D eigenvalue weighted by molar-refractivity contribution is 0.174. The molecule has 0 bridgehead atoms. The fourth-order valence-electron chi connectivity index (χ4n) is 2.52. The highest BCUT2D eigenvalue weighted by Gasteiger charge is 2.29. The summed E-state index contributed by atoms with van der Waals surface area (Å²) in [4.78, 5) is 1.22. The van der Waals surface area contributed by atoms with E-state index in [1.807, 2.05) is 19.1 Å². The van der Waals surface area contributed by atoms with Gasteiger partial charge in [0.1, 0.15) is 5.82 Å². The summed E-state index contributed by atoms with van der Waals surface area (Å²) in [7, 11) is 0. The second-order valence-corrected chi connectivity index (χ2v) is 6.19. The number of rotatable bonds is 2. The molecule has 0 saturated carbocycles. The van der Waals surface area contributed by atoms with E-state index in [4.69, 9.17) is 0 Å². The Labute approximate surface area is 116 Å². The van der Waals surface area contributed by atoms with Crippen LogP contribution in [0.2, 0.25) is 0 Å². The van der Waals surface area contributed by atoms with E-state index in [2.05, 4.69) is 12.1 Å². The van der Waals surface area contributed by atoms with E-state index in [0.29, 0.717) is 5.56 Å². The van der Waals surface area contributed by atoms with Gasteiger partial charge < -0.3 is 5.11 Å². The highest BCUT2D eigenvalue weighted by atomic mass is 32.2. The highest BCUT2D eigenvalue weighted by Crippen LogP contribution is 2.43. The summed E-state index contributed by atoms with van der Waals surface area (Å²) in [6.07, 6.45) is 0.200. The highest BCUT2D eigenvalue weighted by molar-refractivity contribution is 8.00. The number of aliphatic hydroxyl groups excluding tert-OH is 1. The van der Waals surface area contributed by atoms with Gasteiger partial charge in [0.25, 0.3) is 0 Å². The smallest absolute Gasteiger partial charge is 0.123 e. The maximum Gasteiger partial charge on any atom is 0.123 e. The Kier molecular flexibility index (Phi) is 3.33. The average Bonchev–Trinajstić information content (AvgIpc) is 2.84. The molecule has 1 aliphatic heterocycles. The van der Waals surface area contributed by atoms with Crippen molar-refractivity contribution >= 4 is 11.8 Å². The monoisotopic (exact) mass is 274 g/mol. The predicted octanol–water partition coefficient (Wildman–Crippen LogP) is 3.88. The number of benzene rings is 2. The first kappa shape index (κ1) is 12.7. The second-order valence-electron chi connectivity index (χ2n) is 4.91. The van der Waals surface area contributed by atoms with Crippen LogP contribution in [0, 0.1) is 12.7 Å². The third-order valence-electron chi connectivity index (χ3n) is 3.58. The molecule has 0 amide bonds. The summed E-state index contributed by atoms with van der Waals surface area (Å²) >= 11 is 1.68. The van der Waals surface area contributed by atoms with Gasteiger partial charge in [-0.15, -0.1) is 11.8 Å². The van der Waals surface area contributed by atoms with Crippen LogP contribution in [-0.2, 0) is 6.42 Å². The molecule has 0 radical (unpaired) electrons. The summed E-state index contributed by atoms with van der Waals surface area (Å²) in [5.74, 6) is -0.292. The third-order valence-corrected chi connectivity index (χ3v) is 4.96. The normalized spacial score (nSPS) is 19.2. The number of halogens is 1. The van der Waals surface area contributed by atoms with Crippen LogP contribution in [0.15, 0.2) is 47.4 Å². The van der Waals surface area contributed by atoms with Gasteiger partial charge in [-0.05, 0) is 48.2 Å². The molecule has 1 nitrogen and oxygen atoms in total. The van der Waals surface area contributed by atoms with Crippen molar-refractivity contribution in [3.05, 3.63) is 65.0 Å². The quantitative estimate of drug-likeness (QED) is 0.896. The first-order valence-electron chi connectivity index (χ1n) is 6.34. The van der Waals surface area contributed by atoms with E-state index in [0.717, 1.165) is 12.0 Å². The van der Waals surface area contributed by atoms with Crippen molar-refractivity contribution < 1.29 is 9.50 Å². The largest absolute Gasteiger partial charge is 0.387 e. The molecule has 0 saturated heterocycles. The van der Waals surface area contributed by atoms with Gasteiger partial charge in [0.05, 0.1) is 6.10 Å². The van der Waals surface area contributed by atoms with E-state index < -0.39 is 6.10 Å². The molecule has 1 heterocycles. The Morgan fingerprint density at radius 2 is 2.05 bits per heavy atom. The Hall–Kier alpha value is -1.32. The lowest BCUT2D eigenvalue weighted by atomic mass is 9.97. The van der Waals surface area contributed by atoms with E-state index in [1.54, 1.807) is 17.8 Å². The van der Waals surface area contributed by atoms with Gasteiger partial charge in [-0.1, -0.05) is 24.3 Å². The number of thioether (sulfide) groups is 1. The minimum atomic E-state index is -0.631. The first-order valence-corrected chi connectivity index (χ1v) is 7.22. The van der Waals surface area contributed by atoms with Crippen LogP contribution in [0.5, 0.6) is 0 Å². The second kappa shape index (κ2) is 4.99. The summed E-state index contributed by atoms with van der Waals surface area (Å²) in [5.41, 5.74) is 2.90. The van der Waals surface area contributed by atoms with Crippen LogP contribution in [0.4, 0.5) is 4.39 Å². The van der Waals surface area contributed by atoms with Crippen LogP contribution >= 0.6 is 11.8 Å². The molecule has 1 aliphatic rings. The molecule has 1 N–H and O–H groups in total. The number of hydrogen-bond donors (Lipinski definition) is 1. The lowest BCUT2D eigenvalue weighted by Gasteiger charge is -2.19. The summed E-state index contributed by atoms with van der Waals surface area (Å²) < 4.78 is 13.3. The predicted molar refractivity (Wildman–Crippen MR) is 75.9 cm³/mol. The van der Waals surface area contributed by atoms with Crippen LogP contribution in [0.1, 0.15) is 22.8 Å². The van der Waals surface area contributed by atoms with E-state index >= 15 is 0 Å². The van der Waals surface area contributed by atoms with Gasteiger partial charge in [-0.2, -0.15) is 0 Å². The van der Waals surface area contributed by atoms with Crippen LogP contribution in [0.25, 0.3) is 0 Å². The van der Waals surface area contributed by atoms with Crippen molar-refractivity contribution in [2.45, 2.75) is 29.6 Å². The summed E-state index contributed by atoms with van der Waals surface area (Å²) in [6, 6.07) is 12.8. The SMILES string of the molecule is Cc1ccc(F)cc1C(O)C1Cc2ccccc2S1. The standard InChI is InChI=1S/C16H15FOS/c1-10-6-7-12(17)9-13(10)16(18)15-8-11-4-2-3-5-14(11)19-15/h2-7,9,15-16,18H,8H2,1H3. The first-order chi connectivity index (χ1) is 9.15. The Morgan fingerprint density at radius 3 is 2.84 bits per heavy atom. The fourth-order valence-corrected chi connectivity index (χ4v) is 3.84. The molecule has 19 heavy (non-hydrogen) atoms. The molecule has 0 aliphatic carbocycles. The average molecular weight is 274 g/mol. The maximum atomic E-state index is 13.3. The molecule has 0 aromatic heterocycles. The number of fused-ring (bicyclic) bond motifs is 1. The molecule has 98 valence electrons. The summed E-state index contributed by atoms with van der Waals surface area (Å²) in [6.45, 7) is 1.91. The van der Waals surface area contributed by atoms with E-state index in [-0.39, 0.29) is 11.1 Å². The summed E-state index contributed by atoms with van der Waals surface area (Å²) in [5, 5.41) is 10.6. The van der Waals surface area contributed by atoms with Gasteiger partial charge in [-0.3, -0.25) is 0 Å². The minimum absolute atomic E-state index is 0.0675. The van der Waals surface area contributed by atoms with Crippen molar-refractivity contribution in [2.75, 3.05) is 0 Å². The molecule has 3 heteroatoms. The van der Waals surface area contributed by atoms with E-state index in [1.165, 1.54) is 22.6 Å². The molecule has 2 aromatic carbocycles. The third kappa shape index (κ3) is 2.40. The zero-order chi connectivity index (χ0) is 13.4. The van der Waals surface area contributed by atoms with Gasteiger partial charge >= 0.3 is 0 Å². The minimum Gasteiger partial charge on any atom is -0.387 e. The van der Waals surface area contributed by atoms with Crippen LogP contribution in [-0.4, -0.2) is 10.4 Å². The Balaban J connectivity index is 1.87. The molecular weight excluding hydrogens is 259 g/mol. The molecule has 0 spiro atoms. The van der Waals surface area contributed by atoms with Gasteiger partial charge in [-0.25, -0.2) is 4.39 Å². The van der Waals surface area contributed by atoms with Crippen LogP contribution < -0.4 is 0 Å². The Bertz CT molecular complexity index is 586. The van der Waals surface area contributed by atoms with Crippen molar-refractivity contribution in [3.8, 4) is 0 Å². The lowest BCUT2D eigenvalue weighted by Crippen LogP contribution is -2.15. The molecular formula is C16H15FOS. The zero-order valence-corrected chi connectivity index (χ0v) is 11.5. The van der Waals surface area contributed by atoms with Gasteiger partial charge in [0.2, 0.25) is 0 Å². The topological polar surface area (TPSA) is 20.2 Å². The molecule has 0 fully saturated rings. The number of aryl methyl sites for hydroxylation is 1. The number of hydrogen-bond acceptors (Lipinski definition) is 2. The molecule has 2 atom stereocenters. The van der Waals surface area contributed by atoms with Crippen molar-refractivity contribution in [1.82, 2.24) is 0 Å². The molecule has 2 unspecified atom stereocenters. The maximum absolute atomic E-state index is 13.3. The van der Waals surface area contributed by atoms with E-state index in [9.17, 15) is 9.50 Å². The van der Waals surface area contributed by atoms with Crippen molar-refractivity contribution in [3.63, 3.8) is 0 Å². The van der Waals surface area contributed by atoms with Crippen molar-refractivity contribution in [2.24, 2.45) is 0 Å². The number of aliphatic hydroxyl groups is 1. The zero-order valence-electron chi connectivity index (χ0n) is 10.6. The fraction of sp³-hybridized carbons (Fsp3) is 0.250. The van der Waals surface area contributed by atoms with Gasteiger partial charge in [0, 0.05) is 10.1 Å². The molecule has 2 aromatic rings. The Morgan fingerprint density at radius 1 is 1.26 bits per heavy atom. The van der Waals surface area contributed by atoms with Gasteiger partial charge in [0.15, 0.2) is 0 Å². The molecule has 3 rings (SSSR count). The van der Waals surface area contributed by atoms with Crippen molar-refractivity contribution in [1.29, 1.82) is 0 Å². The van der Waals surface area contributed by atoms with Crippen LogP contribution in [0.3, 0.4) is 0 Å².